The van der Waals surface area contributed by atoms with Crippen molar-refractivity contribution in [2.45, 2.75) is 44.4 Å². The van der Waals surface area contributed by atoms with Gasteiger partial charge >= 0.3 is 0 Å². The van der Waals surface area contributed by atoms with Crippen molar-refractivity contribution in [1.29, 1.82) is 0 Å². The van der Waals surface area contributed by atoms with E-state index in [1.165, 1.54) is 44.1 Å². The fourth-order valence-electron chi connectivity index (χ4n) is 3.30. The average Bonchev–Trinajstić information content (AvgIpc) is 2.82. The van der Waals surface area contributed by atoms with Gasteiger partial charge in [-0.05, 0) is 62.1 Å². The van der Waals surface area contributed by atoms with Crippen molar-refractivity contribution < 1.29 is 4.74 Å². The summed E-state index contributed by atoms with van der Waals surface area (Å²) in [5.41, 5.74) is 5.04. The van der Waals surface area contributed by atoms with E-state index in [2.05, 4.69) is 24.3 Å². The highest BCUT2D eigenvalue weighted by Crippen LogP contribution is 2.44. The molecular weight excluding hydrogens is 208 g/mol. The number of ether oxygens (including phenoxy) is 1. The number of hydrogen-bond acceptors (Lipinski definition) is 1. The summed E-state index contributed by atoms with van der Waals surface area (Å²) in [6, 6.07) is 8.66. The SMILES string of the molecule is COc1ccc(C2CC3=C(CCCC3)C2)cc1. The molecule has 2 aliphatic carbocycles. The van der Waals surface area contributed by atoms with Gasteiger partial charge in [-0.2, -0.15) is 0 Å². The Bertz CT molecular complexity index is 409. The van der Waals surface area contributed by atoms with Crippen LogP contribution in [0.2, 0.25) is 0 Å². The van der Waals surface area contributed by atoms with Crippen LogP contribution in [0.15, 0.2) is 35.4 Å². The van der Waals surface area contributed by atoms with E-state index in [9.17, 15) is 0 Å². The Hall–Kier alpha value is -1.24. The molecule has 0 N–H and O–H groups in total. The maximum Gasteiger partial charge on any atom is 0.118 e. The van der Waals surface area contributed by atoms with E-state index in [-0.39, 0.29) is 0 Å². The summed E-state index contributed by atoms with van der Waals surface area (Å²) in [4.78, 5) is 0. The molecule has 0 atom stereocenters. The molecule has 0 saturated carbocycles. The monoisotopic (exact) mass is 228 g/mol. The number of benzene rings is 1. The largest absolute Gasteiger partial charge is 0.497 e. The van der Waals surface area contributed by atoms with E-state index in [1.807, 2.05) is 0 Å². The molecule has 0 bridgehead atoms. The molecule has 1 nitrogen and oxygen atoms in total. The lowest BCUT2D eigenvalue weighted by Crippen LogP contribution is -1.94. The van der Waals surface area contributed by atoms with Crippen LogP contribution in [0.25, 0.3) is 0 Å². The van der Waals surface area contributed by atoms with Crippen LogP contribution < -0.4 is 4.74 Å². The van der Waals surface area contributed by atoms with Gasteiger partial charge in [0.25, 0.3) is 0 Å². The van der Waals surface area contributed by atoms with Crippen LogP contribution in [0.5, 0.6) is 5.75 Å². The third kappa shape index (κ3) is 2.11. The lowest BCUT2D eigenvalue weighted by Gasteiger charge is -2.12. The third-order valence-corrected chi connectivity index (χ3v) is 4.28. The first-order valence-corrected chi connectivity index (χ1v) is 6.70. The van der Waals surface area contributed by atoms with E-state index in [4.69, 9.17) is 4.74 Å². The molecule has 0 spiro atoms. The summed E-state index contributed by atoms with van der Waals surface area (Å²) in [5, 5.41) is 0. The molecule has 0 saturated heterocycles. The third-order valence-electron chi connectivity index (χ3n) is 4.28. The van der Waals surface area contributed by atoms with Gasteiger partial charge in [0.1, 0.15) is 5.75 Å². The highest BCUT2D eigenvalue weighted by Gasteiger charge is 2.26. The predicted octanol–water partition coefficient (Wildman–Crippen LogP) is 4.44. The number of methoxy groups -OCH3 is 1. The Morgan fingerprint density at radius 3 is 2.06 bits per heavy atom. The summed E-state index contributed by atoms with van der Waals surface area (Å²) < 4.78 is 5.22. The normalized spacial score (nSPS) is 20.5. The minimum Gasteiger partial charge on any atom is -0.497 e. The first-order valence-electron chi connectivity index (χ1n) is 6.70. The molecule has 90 valence electrons. The van der Waals surface area contributed by atoms with Crippen molar-refractivity contribution in [3.63, 3.8) is 0 Å². The first kappa shape index (κ1) is 10.9. The molecule has 0 heterocycles. The predicted molar refractivity (Wildman–Crippen MR) is 70.5 cm³/mol. The summed E-state index contributed by atoms with van der Waals surface area (Å²) >= 11 is 0. The van der Waals surface area contributed by atoms with Crippen LogP contribution in [0.4, 0.5) is 0 Å². The highest BCUT2D eigenvalue weighted by molar-refractivity contribution is 5.35. The molecular formula is C16H20O. The Balaban J connectivity index is 1.74. The number of allylic oxidation sites excluding steroid dienone is 2. The molecule has 2 aliphatic rings. The maximum absolute atomic E-state index is 5.22. The zero-order chi connectivity index (χ0) is 11.7. The fourth-order valence-corrected chi connectivity index (χ4v) is 3.30. The van der Waals surface area contributed by atoms with Gasteiger partial charge in [-0.15, -0.1) is 0 Å². The molecule has 17 heavy (non-hydrogen) atoms. The molecule has 3 rings (SSSR count). The van der Waals surface area contributed by atoms with Crippen molar-refractivity contribution in [3.8, 4) is 5.75 Å². The van der Waals surface area contributed by atoms with Crippen LogP contribution in [-0.4, -0.2) is 7.11 Å². The standard InChI is InChI=1S/C16H20O/c1-17-16-8-6-12(7-9-16)15-10-13-4-2-3-5-14(13)11-15/h6-9,15H,2-5,10-11H2,1H3. The Labute approximate surface area is 103 Å². The van der Waals surface area contributed by atoms with Crippen LogP contribution in [0.3, 0.4) is 0 Å². The summed E-state index contributed by atoms with van der Waals surface area (Å²) in [6.07, 6.45) is 8.16. The van der Waals surface area contributed by atoms with Gasteiger partial charge in [0.2, 0.25) is 0 Å². The van der Waals surface area contributed by atoms with Gasteiger partial charge in [0.05, 0.1) is 7.11 Å². The van der Waals surface area contributed by atoms with E-state index < -0.39 is 0 Å². The minimum absolute atomic E-state index is 0.740. The number of rotatable bonds is 2. The highest BCUT2D eigenvalue weighted by atomic mass is 16.5. The average molecular weight is 228 g/mol. The van der Waals surface area contributed by atoms with Gasteiger partial charge in [0, 0.05) is 0 Å². The molecule has 0 fully saturated rings. The van der Waals surface area contributed by atoms with Gasteiger partial charge in [-0.1, -0.05) is 23.3 Å². The van der Waals surface area contributed by atoms with Crippen LogP contribution in [-0.2, 0) is 0 Å². The second-order valence-corrected chi connectivity index (χ2v) is 5.29. The minimum atomic E-state index is 0.740. The molecule has 0 radical (unpaired) electrons. The zero-order valence-corrected chi connectivity index (χ0v) is 10.5. The van der Waals surface area contributed by atoms with Crippen molar-refractivity contribution >= 4 is 0 Å². The maximum atomic E-state index is 5.22. The van der Waals surface area contributed by atoms with E-state index in [0.717, 1.165) is 11.7 Å². The van der Waals surface area contributed by atoms with Crippen molar-refractivity contribution in [1.82, 2.24) is 0 Å². The molecule has 1 aromatic rings. The summed E-state index contributed by atoms with van der Waals surface area (Å²) in [7, 11) is 1.73. The molecule has 1 heteroatoms. The smallest absolute Gasteiger partial charge is 0.118 e. The van der Waals surface area contributed by atoms with E-state index >= 15 is 0 Å². The van der Waals surface area contributed by atoms with Crippen LogP contribution in [0, 0.1) is 0 Å². The Kier molecular flexibility index (Phi) is 2.92. The van der Waals surface area contributed by atoms with E-state index in [0.29, 0.717) is 0 Å². The molecule has 0 unspecified atom stereocenters. The van der Waals surface area contributed by atoms with Crippen LogP contribution in [0.1, 0.15) is 50.0 Å². The number of hydrogen-bond donors (Lipinski definition) is 0. The second-order valence-electron chi connectivity index (χ2n) is 5.29. The van der Waals surface area contributed by atoms with Gasteiger partial charge < -0.3 is 4.74 Å². The van der Waals surface area contributed by atoms with Crippen LogP contribution >= 0.6 is 0 Å². The van der Waals surface area contributed by atoms with E-state index in [1.54, 1.807) is 18.3 Å². The van der Waals surface area contributed by atoms with Crippen molar-refractivity contribution in [3.05, 3.63) is 41.0 Å². The van der Waals surface area contributed by atoms with Gasteiger partial charge in [-0.3, -0.25) is 0 Å². The quantitative estimate of drug-likeness (QED) is 0.680. The lowest BCUT2D eigenvalue weighted by atomic mass is 9.94. The Morgan fingerprint density at radius 1 is 0.941 bits per heavy atom. The first-order chi connectivity index (χ1) is 8.36. The molecule has 0 aromatic heterocycles. The molecule has 0 aliphatic heterocycles. The van der Waals surface area contributed by atoms with Crippen molar-refractivity contribution in [2.75, 3.05) is 7.11 Å². The van der Waals surface area contributed by atoms with Gasteiger partial charge in [0.15, 0.2) is 0 Å². The van der Waals surface area contributed by atoms with Gasteiger partial charge in [-0.25, -0.2) is 0 Å². The zero-order valence-electron chi connectivity index (χ0n) is 10.5. The topological polar surface area (TPSA) is 9.23 Å². The second kappa shape index (κ2) is 4.56. The fraction of sp³-hybridized carbons (Fsp3) is 0.500. The summed E-state index contributed by atoms with van der Waals surface area (Å²) in [5.74, 6) is 1.70. The lowest BCUT2D eigenvalue weighted by molar-refractivity contribution is 0.414. The summed E-state index contributed by atoms with van der Waals surface area (Å²) in [6.45, 7) is 0. The molecule has 1 aromatic carbocycles. The Morgan fingerprint density at radius 2 is 1.53 bits per heavy atom. The van der Waals surface area contributed by atoms with Crippen molar-refractivity contribution in [2.24, 2.45) is 0 Å². The molecule has 0 amide bonds.